The Kier molecular flexibility index (Phi) is 3.61. The van der Waals surface area contributed by atoms with Crippen LogP contribution in [0.5, 0.6) is 0 Å². The van der Waals surface area contributed by atoms with Crippen LogP contribution in [0.15, 0.2) is 59.4 Å². The molecule has 3 rings (SSSR count). The van der Waals surface area contributed by atoms with Gasteiger partial charge < -0.3 is 4.57 Å². The smallest absolute Gasteiger partial charge is 0.193 e. The first-order valence-electron chi connectivity index (χ1n) is 7.40. The summed E-state index contributed by atoms with van der Waals surface area (Å²) in [4.78, 5) is 12.9. The number of hydrogen-bond acceptors (Lipinski definition) is 1. The Labute approximate surface area is 124 Å². The van der Waals surface area contributed by atoms with Crippen LogP contribution in [0.3, 0.4) is 0 Å². The minimum absolute atomic E-state index is 0.171. The van der Waals surface area contributed by atoms with Crippen LogP contribution in [0.2, 0.25) is 0 Å². The number of para-hydroxylation sites is 1. The van der Waals surface area contributed by atoms with E-state index < -0.39 is 0 Å². The Bertz CT molecular complexity index is 831. The van der Waals surface area contributed by atoms with E-state index in [4.69, 9.17) is 0 Å². The second kappa shape index (κ2) is 5.57. The van der Waals surface area contributed by atoms with E-state index in [1.807, 2.05) is 49.5 Å². The molecule has 106 valence electrons. The number of aryl methyl sites for hydroxylation is 1. The molecule has 1 aromatic heterocycles. The number of fused-ring (bicyclic) bond motifs is 1. The van der Waals surface area contributed by atoms with Gasteiger partial charge in [0, 0.05) is 18.0 Å². The number of nitrogens with zero attached hydrogens (tertiary/aromatic N) is 1. The van der Waals surface area contributed by atoms with Crippen molar-refractivity contribution in [1.82, 2.24) is 4.57 Å². The van der Waals surface area contributed by atoms with Crippen molar-refractivity contribution in [3.05, 3.63) is 70.4 Å². The summed E-state index contributed by atoms with van der Waals surface area (Å²) in [7, 11) is 2.04. The summed E-state index contributed by atoms with van der Waals surface area (Å²) in [6.07, 6.45) is 1.77. The summed E-state index contributed by atoms with van der Waals surface area (Å²) >= 11 is 0. The maximum absolute atomic E-state index is 12.9. The molecular weight excluding hydrogens is 258 g/mol. The van der Waals surface area contributed by atoms with E-state index in [2.05, 4.69) is 23.6 Å². The third-order valence-corrected chi connectivity index (χ3v) is 3.95. The largest absolute Gasteiger partial charge is 0.343 e. The lowest BCUT2D eigenvalue weighted by atomic mass is 9.98. The predicted molar refractivity (Wildman–Crippen MR) is 88.6 cm³/mol. The average molecular weight is 277 g/mol. The molecule has 2 aromatic carbocycles. The van der Waals surface area contributed by atoms with Gasteiger partial charge in [-0.2, -0.15) is 0 Å². The van der Waals surface area contributed by atoms with Crippen LogP contribution in [0, 0.1) is 0 Å². The van der Waals surface area contributed by atoms with Crippen molar-refractivity contribution in [1.29, 1.82) is 0 Å². The lowest BCUT2D eigenvalue weighted by molar-refractivity contribution is 0.876. The molecule has 0 atom stereocenters. The Hall–Kier alpha value is -2.35. The molecule has 0 aliphatic heterocycles. The summed E-state index contributed by atoms with van der Waals surface area (Å²) in [5, 5.41) is 0.808. The normalized spacial score (nSPS) is 11.0. The fourth-order valence-corrected chi connectivity index (χ4v) is 3.00. The monoisotopic (exact) mass is 277 g/mol. The van der Waals surface area contributed by atoms with Crippen molar-refractivity contribution < 1.29 is 0 Å². The van der Waals surface area contributed by atoms with Crippen molar-refractivity contribution in [3.8, 4) is 11.3 Å². The van der Waals surface area contributed by atoms with Crippen LogP contribution in [-0.2, 0) is 13.5 Å². The quantitative estimate of drug-likeness (QED) is 0.704. The zero-order valence-corrected chi connectivity index (χ0v) is 12.5. The van der Waals surface area contributed by atoms with Gasteiger partial charge >= 0.3 is 0 Å². The van der Waals surface area contributed by atoms with Crippen molar-refractivity contribution in [2.24, 2.45) is 7.05 Å². The maximum Gasteiger partial charge on any atom is 0.193 e. The summed E-state index contributed by atoms with van der Waals surface area (Å²) in [5.74, 6) is 0. The third kappa shape index (κ3) is 2.27. The topological polar surface area (TPSA) is 22.0 Å². The van der Waals surface area contributed by atoms with Gasteiger partial charge in [-0.1, -0.05) is 55.8 Å². The minimum atomic E-state index is 0.171. The maximum atomic E-state index is 12.9. The highest BCUT2D eigenvalue weighted by Crippen LogP contribution is 2.26. The van der Waals surface area contributed by atoms with Gasteiger partial charge in [0.2, 0.25) is 0 Å². The molecule has 0 N–H and O–H groups in total. The number of hydrogen-bond donors (Lipinski definition) is 0. The first-order valence-corrected chi connectivity index (χ1v) is 7.40. The second-order valence-corrected chi connectivity index (χ2v) is 5.35. The van der Waals surface area contributed by atoms with Crippen LogP contribution >= 0.6 is 0 Å². The Morgan fingerprint density at radius 1 is 0.952 bits per heavy atom. The molecule has 0 bridgehead atoms. The lowest BCUT2D eigenvalue weighted by Crippen LogP contribution is -2.17. The van der Waals surface area contributed by atoms with Crippen molar-refractivity contribution >= 4 is 10.9 Å². The van der Waals surface area contributed by atoms with Gasteiger partial charge in [0.1, 0.15) is 0 Å². The van der Waals surface area contributed by atoms with Crippen LogP contribution in [0.4, 0.5) is 0 Å². The standard InChI is InChI=1S/C19H19NO/c1-3-9-16-18(14-10-5-4-6-11-14)20(2)17-13-8-7-12-15(17)19(16)21/h4-8,10-13H,3,9H2,1-2H3. The van der Waals surface area contributed by atoms with Gasteiger partial charge in [-0.25, -0.2) is 0 Å². The van der Waals surface area contributed by atoms with Crippen molar-refractivity contribution in [3.63, 3.8) is 0 Å². The molecule has 0 aliphatic rings. The van der Waals surface area contributed by atoms with E-state index in [-0.39, 0.29) is 5.43 Å². The summed E-state index contributed by atoms with van der Waals surface area (Å²) in [6.45, 7) is 2.11. The van der Waals surface area contributed by atoms with Gasteiger partial charge in [0.05, 0.1) is 11.2 Å². The molecule has 0 fully saturated rings. The Morgan fingerprint density at radius 3 is 2.33 bits per heavy atom. The SMILES string of the molecule is CCCc1c(-c2ccccc2)n(C)c2ccccc2c1=O. The summed E-state index contributed by atoms with van der Waals surface area (Å²) in [6, 6.07) is 18.0. The number of pyridine rings is 1. The lowest BCUT2D eigenvalue weighted by Gasteiger charge is -2.17. The minimum Gasteiger partial charge on any atom is -0.343 e. The number of benzene rings is 2. The Morgan fingerprint density at radius 2 is 1.62 bits per heavy atom. The first kappa shape index (κ1) is 13.6. The van der Waals surface area contributed by atoms with Gasteiger partial charge in [0.15, 0.2) is 5.43 Å². The molecule has 3 aromatic rings. The van der Waals surface area contributed by atoms with E-state index in [1.165, 1.54) is 0 Å². The van der Waals surface area contributed by atoms with Crippen LogP contribution in [0.1, 0.15) is 18.9 Å². The van der Waals surface area contributed by atoms with Crippen molar-refractivity contribution in [2.75, 3.05) is 0 Å². The fourth-order valence-electron chi connectivity index (χ4n) is 3.00. The first-order chi connectivity index (χ1) is 10.2. The zero-order valence-electron chi connectivity index (χ0n) is 12.5. The van der Waals surface area contributed by atoms with Gasteiger partial charge in [-0.3, -0.25) is 4.79 Å². The van der Waals surface area contributed by atoms with E-state index in [0.29, 0.717) is 0 Å². The molecule has 0 radical (unpaired) electrons. The van der Waals surface area contributed by atoms with Gasteiger partial charge in [0.25, 0.3) is 0 Å². The molecule has 2 heteroatoms. The molecule has 21 heavy (non-hydrogen) atoms. The van der Waals surface area contributed by atoms with E-state index in [9.17, 15) is 4.79 Å². The fraction of sp³-hybridized carbons (Fsp3) is 0.211. The van der Waals surface area contributed by atoms with Gasteiger partial charge in [-0.15, -0.1) is 0 Å². The van der Waals surface area contributed by atoms with Crippen LogP contribution in [-0.4, -0.2) is 4.57 Å². The van der Waals surface area contributed by atoms with Crippen LogP contribution < -0.4 is 5.43 Å². The molecule has 0 unspecified atom stereocenters. The molecule has 0 spiro atoms. The molecule has 0 saturated carbocycles. The number of aromatic nitrogens is 1. The van der Waals surface area contributed by atoms with E-state index in [0.717, 1.165) is 40.6 Å². The highest BCUT2D eigenvalue weighted by molar-refractivity contribution is 5.84. The molecule has 2 nitrogen and oxygen atoms in total. The molecule has 1 heterocycles. The van der Waals surface area contributed by atoms with Crippen molar-refractivity contribution in [2.45, 2.75) is 19.8 Å². The zero-order chi connectivity index (χ0) is 14.8. The predicted octanol–water partition coefficient (Wildman–Crippen LogP) is 4.16. The van der Waals surface area contributed by atoms with Gasteiger partial charge in [-0.05, 0) is 24.1 Å². The highest BCUT2D eigenvalue weighted by atomic mass is 16.1. The summed E-state index contributed by atoms with van der Waals surface area (Å²) < 4.78 is 2.15. The van der Waals surface area contributed by atoms with E-state index in [1.54, 1.807) is 0 Å². The second-order valence-electron chi connectivity index (χ2n) is 5.35. The highest BCUT2D eigenvalue weighted by Gasteiger charge is 2.15. The summed E-state index contributed by atoms with van der Waals surface area (Å²) in [5.41, 5.74) is 4.22. The molecular formula is C19H19NO. The molecule has 0 amide bonds. The molecule has 0 saturated heterocycles. The third-order valence-electron chi connectivity index (χ3n) is 3.95. The Balaban J connectivity index is 2.44. The van der Waals surface area contributed by atoms with E-state index >= 15 is 0 Å². The number of rotatable bonds is 3. The van der Waals surface area contributed by atoms with Crippen LogP contribution in [0.25, 0.3) is 22.2 Å². The average Bonchev–Trinajstić information content (AvgIpc) is 2.54. The molecule has 0 aliphatic carbocycles.